The summed E-state index contributed by atoms with van der Waals surface area (Å²) in [6.45, 7) is 3.06. The Morgan fingerprint density at radius 3 is 3.00 bits per heavy atom. The van der Waals surface area contributed by atoms with Gasteiger partial charge in [0, 0.05) is 13.1 Å². The predicted molar refractivity (Wildman–Crippen MR) is 53.5 cm³/mol. The van der Waals surface area contributed by atoms with Crippen LogP contribution < -0.4 is 5.73 Å². The number of aromatic nitrogens is 2. The zero-order chi connectivity index (χ0) is 10.1. The minimum absolute atomic E-state index is 0.277. The lowest BCUT2D eigenvalue weighted by Crippen LogP contribution is -2.10. The number of halogens is 1. The predicted octanol–water partition coefficient (Wildman–Crippen LogP) is 1.44. The maximum absolute atomic E-state index is 13.3. The molecular formula is C10H12FN3. The SMILES string of the molecule is Cc1nc2c(F)cccc2n1CCN. The number of imidazole rings is 1. The molecule has 2 aromatic rings. The van der Waals surface area contributed by atoms with Gasteiger partial charge in [-0.3, -0.25) is 0 Å². The Bertz CT molecular complexity index is 462. The van der Waals surface area contributed by atoms with E-state index < -0.39 is 0 Å². The summed E-state index contributed by atoms with van der Waals surface area (Å²) < 4.78 is 15.2. The standard InChI is InChI=1S/C10H12FN3/c1-7-13-10-8(11)3-2-4-9(10)14(7)6-5-12/h2-4H,5-6,12H2,1H3. The van der Waals surface area contributed by atoms with Crippen LogP contribution in [0.5, 0.6) is 0 Å². The molecule has 0 fully saturated rings. The van der Waals surface area contributed by atoms with E-state index in [1.54, 1.807) is 6.07 Å². The molecule has 3 nitrogen and oxygen atoms in total. The van der Waals surface area contributed by atoms with E-state index in [4.69, 9.17) is 5.73 Å². The Morgan fingerprint density at radius 1 is 1.50 bits per heavy atom. The summed E-state index contributed by atoms with van der Waals surface area (Å²) in [6.07, 6.45) is 0. The van der Waals surface area contributed by atoms with Gasteiger partial charge in [0.25, 0.3) is 0 Å². The molecule has 4 heteroatoms. The second-order valence-electron chi connectivity index (χ2n) is 3.21. The number of nitrogens with zero attached hydrogens (tertiary/aromatic N) is 2. The average molecular weight is 193 g/mol. The van der Waals surface area contributed by atoms with E-state index in [-0.39, 0.29) is 5.82 Å². The zero-order valence-corrected chi connectivity index (χ0v) is 8.00. The number of hydrogen-bond acceptors (Lipinski definition) is 2. The van der Waals surface area contributed by atoms with Crippen molar-refractivity contribution in [3.8, 4) is 0 Å². The van der Waals surface area contributed by atoms with E-state index in [1.807, 2.05) is 17.6 Å². The van der Waals surface area contributed by atoms with Crippen molar-refractivity contribution < 1.29 is 4.39 Å². The van der Waals surface area contributed by atoms with Crippen molar-refractivity contribution in [3.63, 3.8) is 0 Å². The zero-order valence-electron chi connectivity index (χ0n) is 8.00. The lowest BCUT2D eigenvalue weighted by Gasteiger charge is -2.03. The first-order chi connectivity index (χ1) is 6.74. The molecule has 0 saturated carbocycles. The fraction of sp³-hybridized carbons (Fsp3) is 0.300. The molecule has 1 aromatic carbocycles. The molecular weight excluding hydrogens is 181 g/mol. The van der Waals surface area contributed by atoms with Crippen molar-refractivity contribution in [1.82, 2.24) is 9.55 Å². The lowest BCUT2D eigenvalue weighted by molar-refractivity contribution is 0.637. The van der Waals surface area contributed by atoms with Crippen molar-refractivity contribution in [2.24, 2.45) is 5.73 Å². The quantitative estimate of drug-likeness (QED) is 0.784. The Kier molecular flexibility index (Phi) is 2.21. The van der Waals surface area contributed by atoms with Crippen molar-refractivity contribution >= 4 is 11.0 Å². The van der Waals surface area contributed by atoms with Crippen LogP contribution in [0.25, 0.3) is 11.0 Å². The highest BCUT2D eigenvalue weighted by Gasteiger charge is 2.09. The van der Waals surface area contributed by atoms with Gasteiger partial charge in [0.05, 0.1) is 5.52 Å². The summed E-state index contributed by atoms with van der Waals surface area (Å²) in [6, 6.07) is 4.96. The molecule has 0 aliphatic heterocycles. The fourth-order valence-corrected chi connectivity index (χ4v) is 1.64. The number of aryl methyl sites for hydroxylation is 1. The van der Waals surface area contributed by atoms with Crippen LogP contribution in [0.15, 0.2) is 18.2 Å². The van der Waals surface area contributed by atoms with E-state index in [0.717, 1.165) is 11.3 Å². The number of nitrogens with two attached hydrogens (primary N) is 1. The fourth-order valence-electron chi connectivity index (χ4n) is 1.64. The van der Waals surface area contributed by atoms with E-state index in [0.29, 0.717) is 18.6 Å². The monoisotopic (exact) mass is 193 g/mol. The second-order valence-corrected chi connectivity index (χ2v) is 3.21. The van der Waals surface area contributed by atoms with Crippen LogP contribution >= 0.6 is 0 Å². The first-order valence-electron chi connectivity index (χ1n) is 4.55. The van der Waals surface area contributed by atoms with E-state index in [9.17, 15) is 4.39 Å². The van der Waals surface area contributed by atoms with E-state index in [2.05, 4.69) is 4.98 Å². The highest BCUT2D eigenvalue weighted by Crippen LogP contribution is 2.18. The highest BCUT2D eigenvalue weighted by molar-refractivity contribution is 5.76. The summed E-state index contributed by atoms with van der Waals surface area (Å²) in [5, 5.41) is 0. The van der Waals surface area contributed by atoms with Gasteiger partial charge in [0.1, 0.15) is 11.3 Å². The number of benzene rings is 1. The van der Waals surface area contributed by atoms with Gasteiger partial charge >= 0.3 is 0 Å². The van der Waals surface area contributed by atoms with Crippen LogP contribution in [0, 0.1) is 12.7 Å². The second kappa shape index (κ2) is 3.38. The minimum Gasteiger partial charge on any atom is -0.329 e. The molecule has 0 spiro atoms. The molecule has 0 unspecified atom stereocenters. The third-order valence-corrected chi connectivity index (χ3v) is 2.27. The number of rotatable bonds is 2. The van der Waals surface area contributed by atoms with Gasteiger partial charge in [0.2, 0.25) is 0 Å². The molecule has 0 radical (unpaired) electrons. The third-order valence-electron chi connectivity index (χ3n) is 2.27. The van der Waals surface area contributed by atoms with E-state index in [1.165, 1.54) is 6.07 Å². The van der Waals surface area contributed by atoms with Gasteiger partial charge in [-0.1, -0.05) is 6.07 Å². The first kappa shape index (κ1) is 9.15. The summed E-state index contributed by atoms with van der Waals surface area (Å²) in [5.74, 6) is 0.525. The number of fused-ring (bicyclic) bond motifs is 1. The smallest absolute Gasteiger partial charge is 0.151 e. The molecule has 74 valence electrons. The van der Waals surface area contributed by atoms with Crippen LogP contribution in [0.4, 0.5) is 4.39 Å². The summed E-state index contributed by atoms with van der Waals surface area (Å²) >= 11 is 0. The van der Waals surface area contributed by atoms with Crippen LogP contribution in [-0.4, -0.2) is 16.1 Å². The van der Waals surface area contributed by atoms with Crippen molar-refractivity contribution in [1.29, 1.82) is 0 Å². The number of para-hydroxylation sites is 1. The Balaban J connectivity index is 2.70. The minimum atomic E-state index is -0.277. The summed E-state index contributed by atoms with van der Waals surface area (Å²) in [4.78, 5) is 4.16. The van der Waals surface area contributed by atoms with Gasteiger partial charge in [-0.05, 0) is 19.1 Å². The van der Waals surface area contributed by atoms with Gasteiger partial charge in [-0.25, -0.2) is 9.37 Å². The molecule has 14 heavy (non-hydrogen) atoms. The molecule has 0 aliphatic rings. The molecule has 2 rings (SSSR count). The summed E-state index contributed by atoms with van der Waals surface area (Å²) in [5.41, 5.74) is 6.72. The third kappa shape index (κ3) is 1.28. The van der Waals surface area contributed by atoms with Crippen LogP contribution in [0.3, 0.4) is 0 Å². The van der Waals surface area contributed by atoms with Crippen LogP contribution in [0.1, 0.15) is 5.82 Å². The normalized spacial score (nSPS) is 11.1. The van der Waals surface area contributed by atoms with Crippen molar-refractivity contribution in [2.75, 3.05) is 6.54 Å². The maximum atomic E-state index is 13.3. The van der Waals surface area contributed by atoms with Gasteiger partial charge in [0.15, 0.2) is 5.82 Å². The molecule has 2 N–H and O–H groups in total. The maximum Gasteiger partial charge on any atom is 0.151 e. The molecule has 1 heterocycles. The van der Waals surface area contributed by atoms with Crippen LogP contribution in [0.2, 0.25) is 0 Å². The Hall–Kier alpha value is -1.42. The van der Waals surface area contributed by atoms with Crippen LogP contribution in [-0.2, 0) is 6.54 Å². The molecule has 0 aliphatic carbocycles. The highest BCUT2D eigenvalue weighted by atomic mass is 19.1. The largest absolute Gasteiger partial charge is 0.329 e. The molecule has 1 aromatic heterocycles. The molecule has 0 amide bonds. The van der Waals surface area contributed by atoms with Crippen molar-refractivity contribution in [2.45, 2.75) is 13.5 Å². The van der Waals surface area contributed by atoms with E-state index >= 15 is 0 Å². The number of hydrogen-bond donors (Lipinski definition) is 1. The topological polar surface area (TPSA) is 43.8 Å². The van der Waals surface area contributed by atoms with Gasteiger partial charge in [-0.2, -0.15) is 0 Å². The van der Waals surface area contributed by atoms with Crippen molar-refractivity contribution in [3.05, 3.63) is 29.8 Å². The van der Waals surface area contributed by atoms with Gasteiger partial charge in [-0.15, -0.1) is 0 Å². The molecule has 0 bridgehead atoms. The summed E-state index contributed by atoms with van der Waals surface area (Å²) in [7, 11) is 0. The average Bonchev–Trinajstić information content (AvgIpc) is 2.47. The first-order valence-corrected chi connectivity index (χ1v) is 4.55. The Labute approximate surface area is 81.4 Å². The van der Waals surface area contributed by atoms with Gasteiger partial charge < -0.3 is 10.3 Å². The molecule has 0 saturated heterocycles. The molecule has 0 atom stereocenters. The Morgan fingerprint density at radius 2 is 2.29 bits per heavy atom. The lowest BCUT2D eigenvalue weighted by atomic mass is 10.3.